The number of carbonyl (C=O) groups is 1. The van der Waals surface area contributed by atoms with Crippen LogP contribution in [0, 0.1) is 0 Å². The van der Waals surface area contributed by atoms with Crippen LogP contribution >= 0.6 is 15.9 Å². The maximum atomic E-state index is 12.7. The van der Waals surface area contributed by atoms with Crippen molar-refractivity contribution < 1.29 is 14.3 Å². The van der Waals surface area contributed by atoms with Gasteiger partial charge in [-0.05, 0) is 52.3 Å². The molecular formula is C21H18BrN5O4. The Hall–Kier alpha value is -3.66. The molecule has 0 fully saturated rings. The second kappa shape index (κ2) is 8.60. The van der Waals surface area contributed by atoms with Crippen molar-refractivity contribution in [2.24, 2.45) is 7.05 Å². The summed E-state index contributed by atoms with van der Waals surface area (Å²) < 4.78 is 14.2. The molecule has 2 heterocycles. The minimum Gasteiger partial charge on any atom is -0.493 e. The summed E-state index contributed by atoms with van der Waals surface area (Å²) in [7, 11) is 3.27. The lowest BCUT2D eigenvalue weighted by molar-refractivity contribution is -0.116. The number of nitrogens with one attached hydrogen (secondary N) is 1. The highest BCUT2D eigenvalue weighted by Gasteiger charge is 2.15. The Morgan fingerprint density at radius 2 is 1.84 bits per heavy atom. The Morgan fingerprint density at radius 3 is 2.55 bits per heavy atom. The number of methoxy groups -OCH3 is 1. The largest absolute Gasteiger partial charge is 0.493 e. The normalized spacial score (nSPS) is 10.8. The van der Waals surface area contributed by atoms with E-state index in [0.717, 1.165) is 0 Å². The van der Waals surface area contributed by atoms with Gasteiger partial charge in [-0.15, -0.1) is 0 Å². The predicted octanol–water partition coefficient (Wildman–Crippen LogP) is 3.33. The van der Waals surface area contributed by atoms with Gasteiger partial charge in [0.15, 0.2) is 17.1 Å². The van der Waals surface area contributed by atoms with E-state index in [2.05, 4.69) is 31.3 Å². The topological polar surface area (TPSA) is 100 Å². The number of halogens is 1. The molecule has 0 aliphatic heterocycles. The van der Waals surface area contributed by atoms with Crippen LogP contribution in [0.1, 0.15) is 0 Å². The van der Waals surface area contributed by atoms with E-state index in [0.29, 0.717) is 38.6 Å². The van der Waals surface area contributed by atoms with Crippen LogP contribution in [0.2, 0.25) is 0 Å². The van der Waals surface area contributed by atoms with Crippen LogP contribution in [0.15, 0.2) is 64.3 Å². The van der Waals surface area contributed by atoms with Gasteiger partial charge in [-0.25, -0.2) is 9.67 Å². The molecule has 158 valence electrons. The number of rotatable bonds is 6. The van der Waals surface area contributed by atoms with Gasteiger partial charge in [0.05, 0.1) is 7.11 Å². The molecule has 0 aliphatic rings. The molecule has 0 radical (unpaired) electrons. The van der Waals surface area contributed by atoms with Crippen LogP contribution in [0.3, 0.4) is 0 Å². The van der Waals surface area contributed by atoms with Gasteiger partial charge in [-0.1, -0.05) is 12.1 Å². The summed E-state index contributed by atoms with van der Waals surface area (Å²) in [5, 5.41) is 7.21. The third-order valence-electron chi connectivity index (χ3n) is 4.52. The molecule has 0 unspecified atom stereocenters. The molecule has 4 aromatic rings. The summed E-state index contributed by atoms with van der Waals surface area (Å²) in [4.78, 5) is 29.3. The molecule has 0 atom stereocenters. The van der Waals surface area contributed by atoms with Gasteiger partial charge < -0.3 is 14.8 Å². The smallest absolute Gasteiger partial charge is 0.266 e. The monoisotopic (exact) mass is 483 g/mol. The van der Waals surface area contributed by atoms with E-state index in [1.165, 1.54) is 15.6 Å². The number of carbonyl (C=O) groups excluding carboxylic acids is 1. The Balaban J connectivity index is 1.45. The molecule has 0 saturated heterocycles. The van der Waals surface area contributed by atoms with Crippen molar-refractivity contribution in [2.45, 2.75) is 6.54 Å². The first-order valence-electron chi connectivity index (χ1n) is 9.24. The summed E-state index contributed by atoms with van der Waals surface area (Å²) in [6.45, 7) is -0.178. The summed E-state index contributed by atoms with van der Waals surface area (Å²) in [6, 6.07) is 14.2. The average molecular weight is 484 g/mol. The first-order chi connectivity index (χ1) is 15.0. The lowest BCUT2D eigenvalue weighted by Crippen LogP contribution is -2.28. The molecule has 31 heavy (non-hydrogen) atoms. The number of benzene rings is 2. The fraction of sp³-hybridized carbons (Fsp3) is 0.143. The minimum absolute atomic E-state index is 0.178. The molecule has 0 spiro atoms. The molecule has 10 heteroatoms. The fourth-order valence-corrected chi connectivity index (χ4v) is 3.62. The number of anilines is 1. The van der Waals surface area contributed by atoms with Crippen molar-refractivity contribution in [3.63, 3.8) is 0 Å². The second-order valence-corrected chi connectivity index (χ2v) is 7.37. The maximum absolute atomic E-state index is 12.7. The highest BCUT2D eigenvalue weighted by Crippen LogP contribution is 2.31. The first kappa shape index (κ1) is 20.6. The molecule has 2 aromatic carbocycles. The zero-order valence-corrected chi connectivity index (χ0v) is 18.3. The van der Waals surface area contributed by atoms with Gasteiger partial charge in [0.2, 0.25) is 5.91 Å². The van der Waals surface area contributed by atoms with Crippen LogP contribution in [0.5, 0.6) is 17.2 Å². The van der Waals surface area contributed by atoms with Gasteiger partial charge in [0.1, 0.15) is 28.6 Å². The molecule has 0 aliphatic carbocycles. The number of ether oxygens (including phenoxy) is 2. The van der Waals surface area contributed by atoms with Crippen LogP contribution in [0.25, 0.3) is 11.0 Å². The van der Waals surface area contributed by atoms with Crippen LogP contribution in [-0.2, 0) is 18.4 Å². The lowest BCUT2D eigenvalue weighted by Gasteiger charge is -2.11. The van der Waals surface area contributed by atoms with Crippen molar-refractivity contribution in [1.29, 1.82) is 0 Å². The molecule has 1 N–H and O–H groups in total. The number of aryl methyl sites for hydroxylation is 1. The lowest BCUT2D eigenvalue weighted by atomic mass is 10.3. The van der Waals surface area contributed by atoms with E-state index in [1.807, 2.05) is 18.2 Å². The molecule has 0 bridgehead atoms. The Morgan fingerprint density at radius 1 is 1.13 bits per heavy atom. The Labute approximate surface area is 185 Å². The molecular weight excluding hydrogens is 466 g/mol. The van der Waals surface area contributed by atoms with Crippen molar-refractivity contribution in [3.8, 4) is 17.2 Å². The number of hydrogen-bond acceptors (Lipinski definition) is 6. The van der Waals surface area contributed by atoms with E-state index in [-0.39, 0.29) is 18.0 Å². The summed E-state index contributed by atoms with van der Waals surface area (Å²) in [5.74, 6) is 1.44. The number of fused-ring (bicyclic) bond motifs is 1. The fourth-order valence-electron chi connectivity index (χ4n) is 3.04. The quantitative estimate of drug-likeness (QED) is 0.451. The Kier molecular flexibility index (Phi) is 5.72. The molecule has 4 rings (SSSR count). The van der Waals surface area contributed by atoms with E-state index in [4.69, 9.17) is 9.47 Å². The summed E-state index contributed by atoms with van der Waals surface area (Å²) in [5.41, 5.74) is 0.668. The van der Waals surface area contributed by atoms with Crippen molar-refractivity contribution in [1.82, 2.24) is 19.3 Å². The molecule has 0 saturated carbocycles. The Bertz CT molecular complexity index is 1310. The standard InChI is InChI=1S/C21H18BrN5O4/c1-26-20-18(19(22)25-26)21(29)27(12-23-20)11-17(28)24-13-7-9-14(10-8-13)31-16-6-4-3-5-15(16)30-2/h3-10,12H,11H2,1-2H3,(H,24,28). The number of nitrogens with zero attached hydrogens (tertiary/aromatic N) is 4. The van der Waals surface area contributed by atoms with Gasteiger partial charge in [-0.2, -0.15) is 5.10 Å². The van der Waals surface area contributed by atoms with E-state index >= 15 is 0 Å². The van der Waals surface area contributed by atoms with Crippen molar-refractivity contribution in [2.75, 3.05) is 12.4 Å². The third kappa shape index (κ3) is 4.29. The molecule has 1 amide bonds. The van der Waals surface area contributed by atoms with Crippen molar-refractivity contribution >= 4 is 38.6 Å². The van der Waals surface area contributed by atoms with E-state index in [1.54, 1.807) is 44.5 Å². The van der Waals surface area contributed by atoms with E-state index in [9.17, 15) is 9.59 Å². The number of para-hydroxylation sites is 2. The molecule has 9 nitrogen and oxygen atoms in total. The van der Waals surface area contributed by atoms with Crippen molar-refractivity contribution in [3.05, 3.63) is 69.8 Å². The van der Waals surface area contributed by atoms with Gasteiger partial charge >= 0.3 is 0 Å². The highest BCUT2D eigenvalue weighted by molar-refractivity contribution is 9.10. The maximum Gasteiger partial charge on any atom is 0.266 e. The summed E-state index contributed by atoms with van der Waals surface area (Å²) >= 11 is 3.26. The van der Waals surface area contributed by atoms with Crippen LogP contribution < -0.4 is 20.3 Å². The SMILES string of the molecule is COc1ccccc1Oc1ccc(NC(=O)Cn2cnc3c(c(Br)nn3C)c2=O)cc1. The zero-order valence-electron chi connectivity index (χ0n) is 16.7. The van der Waals surface area contributed by atoms with Crippen LogP contribution in [0.4, 0.5) is 5.69 Å². The minimum atomic E-state index is -0.360. The number of aromatic nitrogens is 4. The second-order valence-electron chi connectivity index (χ2n) is 6.62. The van der Waals surface area contributed by atoms with E-state index < -0.39 is 0 Å². The first-order valence-corrected chi connectivity index (χ1v) is 10.0. The highest BCUT2D eigenvalue weighted by atomic mass is 79.9. The van der Waals surface area contributed by atoms with Gasteiger partial charge in [-0.3, -0.25) is 14.2 Å². The van der Waals surface area contributed by atoms with Gasteiger partial charge in [0, 0.05) is 12.7 Å². The number of amides is 1. The number of hydrogen-bond donors (Lipinski definition) is 1. The zero-order chi connectivity index (χ0) is 22.0. The van der Waals surface area contributed by atoms with Crippen LogP contribution in [-0.4, -0.2) is 32.3 Å². The average Bonchev–Trinajstić information content (AvgIpc) is 3.05. The predicted molar refractivity (Wildman–Crippen MR) is 119 cm³/mol. The van der Waals surface area contributed by atoms with Gasteiger partial charge in [0.25, 0.3) is 5.56 Å². The third-order valence-corrected chi connectivity index (χ3v) is 5.07. The molecule has 2 aromatic heterocycles. The summed E-state index contributed by atoms with van der Waals surface area (Å²) in [6.07, 6.45) is 1.34.